The van der Waals surface area contributed by atoms with Gasteiger partial charge in [0, 0.05) is 12.5 Å². The number of hydrogen-bond acceptors (Lipinski definition) is 3. The lowest BCUT2D eigenvalue weighted by Gasteiger charge is -2.27. The van der Waals surface area contributed by atoms with Crippen LogP contribution in [0.4, 0.5) is 0 Å². The Morgan fingerprint density at radius 3 is 3.11 bits per heavy atom. The summed E-state index contributed by atoms with van der Waals surface area (Å²) < 4.78 is 0. The van der Waals surface area contributed by atoms with Crippen LogP contribution < -0.4 is 5.32 Å². The molecule has 1 saturated heterocycles. The van der Waals surface area contributed by atoms with Crippen LogP contribution in [-0.2, 0) is 0 Å². The van der Waals surface area contributed by atoms with Gasteiger partial charge in [0.2, 0.25) is 0 Å². The SMILES string of the molecule is Cc1nc2ccc(C(O)C3CCCNC3)cc2[nH]1. The van der Waals surface area contributed by atoms with Crippen LogP contribution in [0.3, 0.4) is 0 Å². The van der Waals surface area contributed by atoms with E-state index in [0.717, 1.165) is 48.4 Å². The summed E-state index contributed by atoms with van der Waals surface area (Å²) in [6, 6.07) is 5.99. The van der Waals surface area contributed by atoms with E-state index in [9.17, 15) is 5.11 Å². The molecule has 1 aliphatic heterocycles. The number of aliphatic hydroxyl groups is 1. The lowest BCUT2D eigenvalue weighted by molar-refractivity contribution is 0.0923. The molecule has 2 unspecified atom stereocenters. The van der Waals surface area contributed by atoms with Gasteiger partial charge in [-0.1, -0.05) is 6.07 Å². The molecular weight excluding hydrogens is 226 g/mol. The minimum atomic E-state index is -0.384. The number of rotatable bonds is 2. The molecule has 0 amide bonds. The fraction of sp³-hybridized carbons (Fsp3) is 0.500. The van der Waals surface area contributed by atoms with Crippen molar-refractivity contribution < 1.29 is 5.11 Å². The fourth-order valence-corrected chi connectivity index (χ4v) is 2.76. The van der Waals surface area contributed by atoms with E-state index in [-0.39, 0.29) is 6.10 Å². The first kappa shape index (κ1) is 11.7. The molecule has 2 heterocycles. The third kappa shape index (κ3) is 2.13. The van der Waals surface area contributed by atoms with Crippen LogP contribution in [-0.4, -0.2) is 28.2 Å². The van der Waals surface area contributed by atoms with Crippen molar-refractivity contribution in [1.82, 2.24) is 15.3 Å². The van der Waals surface area contributed by atoms with E-state index in [1.54, 1.807) is 0 Å². The first-order valence-electron chi connectivity index (χ1n) is 6.59. The highest BCUT2D eigenvalue weighted by atomic mass is 16.3. The Morgan fingerprint density at radius 1 is 1.44 bits per heavy atom. The molecule has 4 heteroatoms. The Kier molecular flexibility index (Phi) is 3.06. The van der Waals surface area contributed by atoms with Crippen LogP contribution in [0.1, 0.15) is 30.3 Å². The Hall–Kier alpha value is -1.39. The van der Waals surface area contributed by atoms with Crippen molar-refractivity contribution in [3.05, 3.63) is 29.6 Å². The van der Waals surface area contributed by atoms with E-state index in [2.05, 4.69) is 15.3 Å². The van der Waals surface area contributed by atoms with E-state index in [4.69, 9.17) is 0 Å². The van der Waals surface area contributed by atoms with Gasteiger partial charge < -0.3 is 15.4 Å². The van der Waals surface area contributed by atoms with Gasteiger partial charge in [-0.3, -0.25) is 0 Å². The molecule has 1 aliphatic rings. The zero-order valence-electron chi connectivity index (χ0n) is 10.6. The molecule has 1 fully saturated rings. The van der Waals surface area contributed by atoms with Crippen LogP contribution in [0.2, 0.25) is 0 Å². The number of benzene rings is 1. The summed E-state index contributed by atoms with van der Waals surface area (Å²) in [5.41, 5.74) is 2.96. The third-order valence-electron chi connectivity index (χ3n) is 3.75. The number of nitrogens with one attached hydrogen (secondary N) is 2. The van der Waals surface area contributed by atoms with Gasteiger partial charge in [-0.05, 0) is 44.0 Å². The van der Waals surface area contributed by atoms with Crippen molar-refractivity contribution in [2.45, 2.75) is 25.9 Å². The third-order valence-corrected chi connectivity index (χ3v) is 3.75. The minimum absolute atomic E-state index is 0.320. The van der Waals surface area contributed by atoms with Crippen LogP contribution in [0.15, 0.2) is 18.2 Å². The van der Waals surface area contributed by atoms with Gasteiger partial charge in [-0.15, -0.1) is 0 Å². The van der Waals surface area contributed by atoms with E-state index in [0.29, 0.717) is 5.92 Å². The number of imidazole rings is 1. The molecule has 2 aromatic rings. The maximum atomic E-state index is 10.4. The molecule has 2 atom stereocenters. The summed E-state index contributed by atoms with van der Waals surface area (Å²) in [6.45, 7) is 3.92. The van der Waals surface area contributed by atoms with Gasteiger partial charge in [0.1, 0.15) is 5.82 Å². The number of piperidine rings is 1. The van der Waals surface area contributed by atoms with E-state index < -0.39 is 0 Å². The van der Waals surface area contributed by atoms with Gasteiger partial charge >= 0.3 is 0 Å². The molecule has 4 nitrogen and oxygen atoms in total. The van der Waals surface area contributed by atoms with E-state index in [1.807, 2.05) is 25.1 Å². The quantitative estimate of drug-likeness (QED) is 0.757. The second-order valence-electron chi connectivity index (χ2n) is 5.15. The molecule has 3 N–H and O–H groups in total. The number of aromatic amines is 1. The number of nitrogens with zero attached hydrogens (tertiary/aromatic N) is 1. The van der Waals surface area contributed by atoms with E-state index in [1.165, 1.54) is 0 Å². The van der Waals surface area contributed by atoms with Crippen molar-refractivity contribution in [2.75, 3.05) is 13.1 Å². The Morgan fingerprint density at radius 2 is 2.33 bits per heavy atom. The second-order valence-corrected chi connectivity index (χ2v) is 5.15. The van der Waals surface area contributed by atoms with Gasteiger partial charge in [0.05, 0.1) is 17.1 Å². The molecule has 0 radical (unpaired) electrons. The average Bonchev–Trinajstić information content (AvgIpc) is 2.78. The molecule has 18 heavy (non-hydrogen) atoms. The number of aromatic nitrogens is 2. The molecule has 0 aliphatic carbocycles. The molecule has 0 saturated carbocycles. The second kappa shape index (κ2) is 4.71. The number of hydrogen-bond donors (Lipinski definition) is 3. The highest BCUT2D eigenvalue weighted by molar-refractivity contribution is 5.75. The highest BCUT2D eigenvalue weighted by Crippen LogP contribution is 2.28. The maximum absolute atomic E-state index is 10.4. The Bertz CT molecular complexity index is 543. The molecular formula is C14H19N3O. The predicted octanol–water partition coefficient (Wildman–Crippen LogP) is 1.90. The molecule has 1 aromatic heterocycles. The minimum Gasteiger partial charge on any atom is -0.388 e. The summed E-state index contributed by atoms with van der Waals surface area (Å²) in [6.07, 6.45) is 1.85. The van der Waals surface area contributed by atoms with Crippen molar-refractivity contribution in [3.8, 4) is 0 Å². The predicted molar refractivity (Wildman–Crippen MR) is 71.4 cm³/mol. The van der Waals surface area contributed by atoms with Crippen LogP contribution in [0, 0.1) is 12.8 Å². The van der Waals surface area contributed by atoms with Crippen LogP contribution in [0.5, 0.6) is 0 Å². The molecule has 96 valence electrons. The van der Waals surface area contributed by atoms with Crippen molar-refractivity contribution >= 4 is 11.0 Å². The van der Waals surface area contributed by atoms with Gasteiger partial charge in [0.15, 0.2) is 0 Å². The Balaban J connectivity index is 1.88. The maximum Gasteiger partial charge on any atom is 0.104 e. The highest BCUT2D eigenvalue weighted by Gasteiger charge is 2.23. The van der Waals surface area contributed by atoms with Crippen molar-refractivity contribution in [2.24, 2.45) is 5.92 Å². The number of aryl methyl sites for hydroxylation is 1. The van der Waals surface area contributed by atoms with E-state index >= 15 is 0 Å². The largest absolute Gasteiger partial charge is 0.388 e. The molecule has 1 aromatic carbocycles. The summed E-state index contributed by atoms with van der Waals surface area (Å²) in [4.78, 5) is 7.60. The molecule has 0 bridgehead atoms. The molecule has 0 spiro atoms. The summed E-state index contributed by atoms with van der Waals surface area (Å²) in [7, 11) is 0. The average molecular weight is 245 g/mol. The number of H-pyrrole nitrogens is 1. The Labute approximate surface area is 106 Å². The smallest absolute Gasteiger partial charge is 0.104 e. The summed E-state index contributed by atoms with van der Waals surface area (Å²) in [5, 5.41) is 13.8. The van der Waals surface area contributed by atoms with Crippen molar-refractivity contribution in [1.29, 1.82) is 0 Å². The number of fused-ring (bicyclic) bond motifs is 1. The topological polar surface area (TPSA) is 60.9 Å². The van der Waals surface area contributed by atoms with Gasteiger partial charge in [-0.25, -0.2) is 4.98 Å². The van der Waals surface area contributed by atoms with Crippen LogP contribution in [0.25, 0.3) is 11.0 Å². The van der Waals surface area contributed by atoms with Crippen molar-refractivity contribution in [3.63, 3.8) is 0 Å². The lowest BCUT2D eigenvalue weighted by Crippen LogP contribution is -2.33. The first-order chi connectivity index (χ1) is 8.74. The molecule has 3 rings (SSSR count). The van der Waals surface area contributed by atoms with Gasteiger partial charge in [0.25, 0.3) is 0 Å². The lowest BCUT2D eigenvalue weighted by atomic mass is 9.89. The van der Waals surface area contributed by atoms with Gasteiger partial charge in [-0.2, -0.15) is 0 Å². The zero-order chi connectivity index (χ0) is 12.5. The monoisotopic (exact) mass is 245 g/mol. The standard InChI is InChI=1S/C14H19N3O/c1-9-16-12-5-4-10(7-13(12)17-9)14(18)11-3-2-6-15-8-11/h4-5,7,11,14-15,18H,2-3,6,8H2,1H3,(H,16,17). The first-order valence-corrected chi connectivity index (χ1v) is 6.59. The normalized spacial score (nSPS) is 22.2. The summed E-state index contributed by atoms with van der Waals surface area (Å²) in [5.74, 6) is 1.23. The number of aliphatic hydroxyl groups excluding tert-OH is 1. The zero-order valence-corrected chi connectivity index (χ0v) is 10.6. The fourth-order valence-electron chi connectivity index (χ4n) is 2.76. The van der Waals surface area contributed by atoms with Crippen LogP contribution >= 0.6 is 0 Å². The summed E-state index contributed by atoms with van der Waals surface area (Å²) >= 11 is 0.